The lowest BCUT2D eigenvalue weighted by atomic mass is 10.0. The Bertz CT molecular complexity index is 756. The van der Waals surface area contributed by atoms with E-state index in [4.69, 9.17) is 4.74 Å². The van der Waals surface area contributed by atoms with Crippen molar-refractivity contribution in [2.24, 2.45) is 0 Å². The van der Waals surface area contributed by atoms with E-state index in [2.05, 4.69) is 0 Å². The SMILES string of the molecule is CCOc1ccc(CCc2ccc(CCC=CCF)cc2F)c(F)c1F. The van der Waals surface area contributed by atoms with E-state index in [9.17, 15) is 17.6 Å². The Labute approximate surface area is 151 Å². The average Bonchev–Trinajstić information content (AvgIpc) is 2.63. The van der Waals surface area contributed by atoms with Crippen LogP contribution in [0.2, 0.25) is 0 Å². The highest BCUT2D eigenvalue weighted by Gasteiger charge is 2.15. The molecule has 0 aliphatic heterocycles. The van der Waals surface area contributed by atoms with Crippen LogP contribution in [-0.4, -0.2) is 13.3 Å². The first-order valence-electron chi connectivity index (χ1n) is 8.64. The maximum Gasteiger partial charge on any atom is 0.200 e. The van der Waals surface area contributed by atoms with Gasteiger partial charge in [0, 0.05) is 0 Å². The van der Waals surface area contributed by atoms with Crippen LogP contribution in [0.1, 0.15) is 30.0 Å². The van der Waals surface area contributed by atoms with Crippen molar-refractivity contribution in [3.63, 3.8) is 0 Å². The fourth-order valence-electron chi connectivity index (χ4n) is 2.68. The van der Waals surface area contributed by atoms with Crippen LogP contribution in [0.4, 0.5) is 17.6 Å². The number of halogens is 4. The Hall–Kier alpha value is -2.30. The summed E-state index contributed by atoms with van der Waals surface area (Å²) in [5, 5.41) is 0. The fourth-order valence-corrected chi connectivity index (χ4v) is 2.68. The fraction of sp³-hybridized carbons (Fsp3) is 0.333. The molecule has 2 rings (SSSR count). The zero-order valence-electron chi connectivity index (χ0n) is 14.7. The smallest absolute Gasteiger partial charge is 0.200 e. The van der Waals surface area contributed by atoms with Gasteiger partial charge < -0.3 is 4.74 Å². The largest absolute Gasteiger partial charge is 0.491 e. The van der Waals surface area contributed by atoms with Crippen LogP contribution in [0.15, 0.2) is 42.5 Å². The van der Waals surface area contributed by atoms with Gasteiger partial charge in [0.25, 0.3) is 0 Å². The number of aryl methyl sites for hydroxylation is 3. The number of rotatable bonds is 9. The van der Waals surface area contributed by atoms with E-state index in [1.54, 1.807) is 25.1 Å². The van der Waals surface area contributed by atoms with Crippen molar-refractivity contribution in [3.8, 4) is 5.75 Å². The first-order chi connectivity index (χ1) is 12.6. The highest BCUT2D eigenvalue weighted by atomic mass is 19.2. The van der Waals surface area contributed by atoms with E-state index in [1.807, 2.05) is 0 Å². The zero-order valence-corrected chi connectivity index (χ0v) is 14.7. The highest BCUT2D eigenvalue weighted by molar-refractivity contribution is 5.32. The molecule has 0 atom stereocenters. The van der Waals surface area contributed by atoms with Gasteiger partial charge in [-0.15, -0.1) is 0 Å². The minimum Gasteiger partial charge on any atom is -0.491 e. The van der Waals surface area contributed by atoms with Crippen molar-refractivity contribution in [2.45, 2.75) is 32.6 Å². The molecule has 0 aromatic heterocycles. The molecular formula is C21H22F4O. The normalized spacial score (nSPS) is 11.3. The van der Waals surface area contributed by atoms with E-state index < -0.39 is 18.3 Å². The van der Waals surface area contributed by atoms with Gasteiger partial charge >= 0.3 is 0 Å². The van der Waals surface area contributed by atoms with Gasteiger partial charge in [0.2, 0.25) is 5.82 Å². The Morgan fingerprint density at radius 1 is 0.885 bits per heavy atom. The Morgan fingerprint density at radius 2 is 1.62 bits per heavy atom. The Kier molecular flexibility index (Phi) is 7.70. The lowest BCUT2D eigenvalue weighted by Gasteiger charge is -2.10. The maximum absolute atomic E-state index is 14.2. The maximum atomic E-state index is 14.2. The molecular weight excluding hydrogens is 344 g/mol. The summed E-state index contributed by atoms with van der Waals surface area (Å²) in [6.45, 7) is 1.43. The molecule has 0 saturated carbocycles. The number of hydrogen-bond donors (Lipinski definition) is 0. The molecule has 2 aromatic rings. The van der Waals surface area contributed by atoms with Crippen molar-refractivity contribution < 1.29 is 22.3 Å². The van der Waals surface area contributed by atoms with Gasteiger partial charge in [0.05, 0.1) is 6.61 Å². The predicted octanol–water partition coefficient (Wildman–Crippen LogP) is 5.75. The number of ether oxygens (including phenoxy) is 1. The third-order valence-electron chi connectivity index (χ3n) is 4.06. The van der Waals surface area contributed by atoms with Gasteiger partial charge in [0.1, 0.15) is 12.5 Å². The molecule has 140 valence electrons. The molecule has 0 saturated heterocycles. The molecule has 1 nitrogen and oxygen atoms in total. The molecule has 5 heteroatoms. The predicted molar refractivity (Wildman–Crippen MR) is 94.8 cm³/mol. The summed E-state index contributed by atoms with van der Waals surface area (Å²) in [7, 11) is 0. The number of alkyl halides is 1. The number of hydrogen-bond acceptors (Lipinski definition) is 1. The molecule has 0 aliphatic rings. The zero-order chi connectivity index (χ0) is 18.9. The minimum absolute atomic E-state index is 0.119. The summed E-state index contributed by atoms with van der Waals surface area (Å²) in [6.07, 6.45) is 4.85. The molecule has 0 amide bonds. The van der Waals surface area contributed by atoms with Crippen molar-refractivity contribution in [1.82, 2.24) is 0 Å². The van der Waals surface area contributed by atoms with Gasteiger partial charge in [-0.1, -0.05) is 30.4 Å². The molecule has 26 heavy (non-hydrogen) atoms. The quantitative estimate of drug-likeness (QED) is 0.406. The summed E-state index contributed by atoms with van der Waals surface area (Å²) < 4.78 is 59.1. The summed E-state index contributed by atoms with van der Waals surface area (Å²) in [6, 6.07) is 7.76. The first kappa shape index (κ1) is 20.0. The van der Waals surface area contributed by atoms with Crippen LogP contribution in [0.25, 0.3) is 0 Å². The highest BCUT2D eigenvalue weighted by Crippen LogP contribution is 2.24. The standard InChI is InChI=1S/C21H22F4O/c1-2-26-19-12-11-17(20(24)21(19)25)10-9-16-8-7-15(14-18(16)23)6-4-3-5-13-22/h3,5,7-8,11-12,14H,2,4,6,9-10,13H2,1H3. The molecule has 0 unspecified atom stereocenters. The van der Waals surface area contributed by atoms with Gasteiger partial charge in [-0.25, -0.2) is 13.2 Å². The molecule has 0 radical (unpaired) electrons. The molecule has 0 spiro atoms. The van der Waals surface area contributed by atoms with E-state index in [0.29, 0.717) is 18.4 Å². The summed E-state index contributed by atoms with van der Waals surface area (Å²) in [4.78, 5) is 0. The van der Waals surface area contributed by atoms with Crippen LogP contribution in [-0.2, 0) is 19.3 Å². The van der Waals surface area contributed by atoms with Crippen LogP contribution in [0, 0.1) is 17.5 Å². The van der Waals surface area contributed by atoms with Crippen LogP contribution >= 0.6 is 0 Å². The molecule has 0 fully saturated rings. The lowest BCUT2D eigenvalue weighted by Crippen LogP contribution is -2.03. The summed E-state index contributed by atoms with van der Waals surface area (Å²) >= 11 is 0. The van der Waals surface area contributed by atoms with Crippen LogP contribution in [0.5, 0.6) is 5.75 Å². The minimum atomic E-state index is -1.01. The molecule has 0 heterocycles. The van der Waals surface area contributed by atoms with Crippen molar-refractivity contribution in [2.75, 3.05) is 13.3 Å². The van der Waals surface area contributed by atoms with Crippen molar-refractivity contribution in [1.29, 1.82) is 0 Å². The van der Waals surface area contributed by atoms with Gasteiger partial charge in [-0.3, -0.25) is 0 Å². The first-order valence-corrected chi connectivity index (χ1v) is 8.64. The second kappa shape index (κ2) is 10.00. The summed E-state index contributed by atoms with van der Waals surface area (Å²) in [5.41, 5.74) is 1.44. The van der Waals surface area contributed by atoms with E-state index in [1.165, 1.54) is 24.3 Å². The Balaban J connectivity index is 2.01. The van der Waals surface area contributed by atoms with Gasteiger partial charge in [0.15, 0.2) is 11.6 Å². The molecule has 0 bridgehead atoms. The van der Waals surface area contributed by atoms with Gasteiger partial charge in [-0.2, -0.15) is 4.39 Å². The number of allylic oxidation sites excluding steroid dienone is 2. The second-order valence-corrected chi connectivity index (χ2v) is 5.87. The third-order valence-corrected chi connectivity index (χ3v) is 4.06. The number of benzene rings is 2. The topological polar surface area (TPSA) is 9.23 Å². The third kappa shape index (κ3) is 5.35. The summed E-state index contributed by atoms with van der Waals surface area (Å²) in [5.74, 6) is -2.45. The van der Waals surface area contributed by atoms with Crippen LogP contribution in [0.3, 0.4) is 0 Å². The van der Waals surface area contributed by atoms with Crippen molar-refractivity contribution in [3.05, 3.63) is 76.6 Å². The monoisotopic (exact) mass is 366 g/mol. The molecule has 0 N–H and O–H groups in total. The van der Waals surface area contributed by atoms with Gasteiger partial charge in [-0.05, 0) is 61.4 Å². The van der Waals surface area contributed by atoms with Crippen LogP contribution < -0.4 is 4.74 Å². The average molecular weight is 366 g/mol. The molecule has 0 aliphatic carbocycles. The molecule has 2 aromatic carbocycles. The van der Waals surface area contributed by atoms with Crippen molar-refractivity contribution >= 4 is 0 Å². The lowest BCUT2D eigenvalue weighted by molar-refractivity contribution is 0.313. The van der Waals surface area contributed by atoms with E-state index >= 15 is 0 Å². The van der Waals surface area contributed by atoms with E-state index in [-0.39, 0.29) is 36.6 Å². The van der Waals surface area contributed by atoms with E-state index in [0.717, 1.165) is 5.56 Å². The Morgan fingerprint density at radius 3 is 2.31 bits per heavy atom. The second-order valence-electron chi connectivity index (χ2n) is 5.87.